The van der Waals surface area contributed by atoms with Crippen molar-refractivity contribution in [3.05, 3.63) is 10.6 Å². The molecule has 5 nitrogen and oxygen atoms in total. The van der Waals surface area contributed by atoms with E-state index in [-0.39, 0.29) is 12.5 Å². The lowest BCUT2D eigenvalue weighted by atomic mass is 9.88. The van der Waals surface area contributed by atoms with E-state index < -0.39 is 6.04 Å². The van der Waals surface area contributed by atoms with Gasteiger partial charge in [0, 0.05) is 12.0 Å². The van der Waals surface area contributed by atoms with Crippen LogP contribution in [-0.2, 0) is 22.4 Å². The number of fused-ring (bicyclic) bond motifs is 1. The largest absolute Gasteiger partial charge is 0.383 e. The van der Waals surface area contributed by atoms with Crippen molar-refractivity contribution in [1.82, 2.24) is 4.98 Å². The fraction of sp³-hybridized carbons (Fsp3) is 0.714. The second-order valence-corrected chi connectivity index (χ2v) is 6.42. The number of thiazole rings is 1. The van der Waals surface area contributed by atoms with E-state index in [0.29, 0.717) is 5.13 Å². The highest BCUT2D eigenvalue weighted by molar-refractivity contribution is 7.15. The molecule has 2 unspecified atom stereocenters. The van der Waals surface area contributed by atoms with Crippen LogP contribution in [0.3, 0.4) is 0 Å². The molecule has 3 N–H and O–H groups in total. The number of nitrogens with one attached hydrogen (secondary N) is 1. The van der Waals surface area contributed by atoms with Gasteiger partial charge in [-0.15, -0.1) is 11.3 Å². The molecule has 112 valence electrons. The molecular formula is C14H23N3O2S. The first-order valence-corrected chi connectivity index (χ1v) is 7.99. The molecule has 2 rings (SSSR count). The average molecular weight is 297 g/mol. The van der Waals surface area contributed by atoms with Gasteiger partial charge in [-0.05, 0) is 25.2 Å². The third kappa shape index (κ3) is 3.77. The molecule has 1 heterocycles. The minimum absolute atomic E-state index is 0.218. The molecule has 0 bridgehead atoms. The summed E-state index contributed by atoms with van der Waals surface area (Å²) in [6.07, 6.45) is 5.84. The molecule has 0 saturated heterocycles. The molecule has 20 heavy (non-hydrogen) atoms. The first-order valence-electron chi connectivity index (χ1n) is 7.18. The molecule has 0 spiro atoms. The van der Waals surface area contributed by atoms with E-state index in [4.69, 9.17) is 10.5 Å². The summed E-state index contributed by atoms with van der Waals surface area (Å²) in [5.74, 6) is 0.537. The number of hydrogen-bond donors (Lipinski definition) is 2. The SMILES string of the molecule is CCCC1CCc2nc(NC(=O)C(N)COC)sc2C1. The Hall–Kier alpha value is -0.980. The zero-order valence-electron chi connectivity index (χ0n) is 12.1. The van der Waals surface area contributed by atoms with Gasteiger partial charge in [-0.25, -0.2) is 4.98 Å². The van der Waals surface area contributed by atoms with E-state index >= 15 is 0 Å². The Morgan fingerprint density at radius 1 is 1.65 bits per heavy atom. The molecule has 6 heteroatoms. The highest BCUT2D eigenvalue weighted by Crippen LogP contribution is 2.33. The summed E-state index contributed by atoms with van der Waals surface area (Å²) in [7, 11) is 1.53. The van der Waals surface area contributed by atoms with Crippen LogP contribution in [0, 0.1) is 5.92 Å². The number of carbonyl (C=O) groups excluding carboxylic acids is 1. The standard InChI is InChI=1S/C14H23N3O2S/c1-3-4-9-5-6-11-12(7-9)20-14(16-11)17-13(18)10(15)8-19-2/h9-10H,3-8,15H2,1-2H3,(H,16,17,18). The number of nitrogens with zero attached hydrogens (tertiary/aromatic N) is 1. The number of aryl methyl sites for hydroxylation is 1. The lowest BCUT2D eigenvalue weighted by molar-refractivity contribution is -0.118. The summed E-state index contributed by atoms with van der Waals surface area (Å²) in [5, 5.41) is 3.46. The second kappa shape index (κ2) is 7.15. The Morgan fingerprint density at radius 3 is 3.15 bits per heavy atom. The minimum Gasteiger partial charge on any atom is -0.383 e. The van der Waals surface area contributed by atoms with Gasteiger partial charge in [-0.2, -0.15) is 0 Å². The van der Waals surface area contributed by atoms with Gasteiger partial charge in [0.2, 0.25) is 5.91 Å². The lowest BCUT2D eigenvalue weighted by Gasteiger charge is -2.19. The molecule has 0 fully saturated rings. The number of hydrogen-bond acceptors (Lipinski definition) is 5. The van der Waals surface area contributed by atoms with E-state index in [1.807, 2.05) is 0 Å². The van der Waals surface area contributed by atoms with Crippen LogP contribution in [0.2, 0.25) is 0 Å². The van der Waals surface area contributed by atoms with Gasteiger partial charge in [-0.3, -0.25) is 4.79 Å². The quantitative estimate of drug-likeness (QED) is 0.841. The van der Waals surface area contributed by atoms with Crippen LogP contribution in [0.25, 0.3) is 0 Å². The summed E-state index contributed by atoms with van der Waals surface area (Å²) in [6, 6.07) is -0.645. The van der Waals surface area contributed by atoms with Gasteiger partial charge in [-0.1, -0.05) is 19.8 Å². The second-order valence-electron chi connectivity index (χ2n) is 5.34. The van der Waals surface area contributed by atoms with Crippen LogP contribution in [0.15, 0.2) is 0 Å². The Balaban J connectivity index is 1.97. The van der Waals surface area contributed by atoms with Gasteiger partial charge in [0.05, 0.1) is 12.3 Å². The Labute approximate surface area is 123 Å². The van der Waals surface area contributed by atoms with E-state index in [1.54, 1.807) is 11.3 Å². The molecule has 1 aromatic rings. The van der Waals surface area contributed by atoms with Crippen molar-refractivity contribution in [2.24, 2.45) is 11.7 Å². The molecule has 0 aromatic carbocycles. The van der Waals surface area contributed by atoms with E-state index in [2.05, 4.69) is 17.2 Å². The molecule has 0 aliphatic heterocycles. The molecule has 0 saturated carbocycles. The maximum Gasteiger partial charge on any atom is 0.245 e. The number of anilines is 1. The van der Waals surface area contributed by atoms with Crippen LogP contribution in [0.5, 0.6) is 0 Å². The van der Waals surface area contributed by atoms with Crippen molar-refractivity contribution in [3.63, 3.8) is 0 Å². The Morgan fingerprint density at radius 2 is 2.45 bits per heavy atom. The molecule has 1 aliphatic rings. The molecule has 1 amide bonds. The fourth-order valence-electron chi connectivity index (χ4n) is 2.60. The number of methoxy groups -OCH3 is 1. The number of ether oxygens (including phenoxy) is 1. The summed E-state index contributed by atoms with van der Waals surface area (Å²) in [5.41, 5.74) is 6.85. The first-order chi connectivity index (χ1) is 9.63. The minimum atomic E-state index is -0.645. The molecular weight excluding hydrogens is 274 g/mol. The van der Waals surface area contributed by atoms with Crippen LogP contribution in [0.4, 0.5) is 5.13 Å². The third-order valence-electron chi connectivity index (χ3n) is 3.65. The first kappa shape index (κ1) is 15.4. The van der Waals surface area contributed by atoms with Crippen molar-refractivity contribution >= 4 is 22.4 Å². The van der Waals surface area contributed by atoms with Crippen molar-refractivity contribution in [1.29, 1.82) is 0 Å². The highest BCUT2D eigenvalue weighted by Gasteiger charge is 2.23. The summed E-state index contributed by atoms with van der Waals surface area (Å²) in [6.45, 7) is 2.44. The predicted octanol–water partition coefficient (Wildman–Crippen LogP) is 1.96. The normalized spacial score (nSPS) is 19.4. The van der Waals surface area contributed by atoms with E-state index in [1.165, 1.54) is 31.2 Å². The average Bonchev–Trinajstić information content (AvgIpc) is 2.80. The fourth-order valence-corrected chi connectivity index (χ4v) is 3.73. The summed E-state index contributed by atoms with van der Waals surface area (Å²) < 4.78 is 4.88. The van der Waals surface area contributed by atoms with Gasteiger partial charge in [0.1, 0.15) is 6.04 Å². The Bertz CT molecular complexity index is 461. The molecule has 1 aromatic heterocycles. The highest BCUT2D eigenvalue weighted by atomic mass is 32.1. The molecule has 0 radical (unpaired) electrons. The van der Waals surface area contributed by atoms with Crippen molar-refractivity contribution in [2.75, 3.05) is 19.0 Å². The van der Waals surface area contributed by atoms with Crippen LogP contribution in [-0.4, -0.2) is 30.6 Å². The van der Waals surface area contributed by atoms with E-state index in [0.717, 1.165) is 24.5 Å². The Kier molecular flexibility index (Phi) is 5.51. The maximum atomic E-state index is 11.8. The number of nitrogens with two attached hydrogens (primary N) is 1. The monoisotopic (exact) mass is 297 g/mol. The van der Waals surface area contributed by atoms with Crippen molar-refractivity contribution < 1.29 is 9.53 Å². The number of amides is 1. The number of rotatable bonds is 6. The van der Waals surface area contributed by atoms with Gasteiger partial charge in [0.15, 0.2) is 5.13 Å². The summed E-state index contributed by atoms with van der Waals surface area (Å²) in [4.78, 5) is 17.7. The number of aromatic nitrogens is 1. The van der Waals surface area contributed by atoms with Gasteiger partial charge in [0.25, 0.3) is 0 Å². The van der Waals surface area contributed by atoms with Crippen LogP contribution < -0.4 is 11.1 Å². The molecule has 2 atom stereocenters. The molecule has 1 aliphatic carbocycles. The maximum absolute atomic E-state index is 11.8. The number of carbonyl (C=O) groups is 1. The zero-order chi connectivity index (χ0) is 14.5. The van der Waals surface area contributed by atoms with Crippen LogP contribution >= 0.6 is 11.3 Å². The van der Waals surface area contributed by atoms with Crippen molar-refractivity contribution in [3.8, 4) is 0 Å². The van der Waals surface area contributed by atoms with E-state index in [9.17, 15) is 4.79 Å². The smallest absolute Gasteiger partial charge is 0.245 e. The summed E-state index contributed by atoms with van der Waals surface area (Å²) >= 11 is 1.59. The zero-order valence-corrected chi connectivity index (χ0v) is 13.0. The predicted molar refractivity (Wildman–Crippen MR) is 81.0 cm³/mol. The van der Waals surface area contributed by atoms with Gasteiger partial charge >= 0.3 is 0 Å². The van der Waals surface area contributed by atoms with Gasteiger partial charge < -0.3 is 15.8 Å². The van der Waals surface area contributed by atoms with Crippen molar-refractivity contribution in [2.45, 2.75) is 45.1 Å². The topological polar surface area (TPSA) is 77.2 Å². The third-order valence-corrected chi connectivity index (χ3v) is 4.69. The van der Waals surface area contributed by atoms with Crippen LogP contribution in [0.1, 0.15) is 36.8 Å². The lowest BCUT2D eigenvalue weighted by Crippen LogP contribution is -2.39.